The average Bonchev–Trinajstić information content (AvgIpc) is 3.29. The minimum Gasteiger partial charge on any atom is -0.379 e. The second-order valence-electron chi connectivity index (χ2n) is 6.95. The summed E-state index contributed by atoms with van der Waals surface area (Å²) in [5.41, 5.74) is 2.57. The number of hydrogen-bond acceptors (Lipinski definition) is 6. The van der Waals surface area contributed by atoms with Crippen molar-refractivity contribution in [2.75, 3.05) is 6.61 Å². The monoisotopic (exact) mass is 399 g/mol. The first-order valence-electron chi connectivity index (χ1n) is 9.42. The molecule has 1 fully saturated rings. The van der Waals surface area contributed by atoms with Gasteiger partial charge in [0.15, 0.2) is 5.82 Å². The fourth-order valence-corrected chi connectivity index (χ4v) is 3.40. The predicted octanol–water partition coefficient (Wildman–Crippen LogP) is 4.62. The van der Waals surface area contributed by atoms with Gasteiger partial charge in [-0.2, -0.15) is 4.98 Å². The van der Waals surface area contributed by atoms with Crippen LogP contribution in [0.2, 0.25) is 5.02 Å². The first-order valence-corrected chi connectivity index (χ1v) is 9.80. The van der Waals surface area contributed by atoms with Crippen molar-refractivity contribution in [3.05, 3.63) is 47.0 Å². The van der Waals surface area contributed by atoms with Crippen LogP contribution in [0.4, 0.5) is 0 Å². The van der Waals surface area contributed by atoms with Crippen molar-refractivity contribution in [1.29, 1.82) is 0 Å². The van der Waals surface area contributed by atoms with E-state index in [-0.39, 0.29) is 0 Å². The Bertz CT molecular complexity index is 1080. The Kier molecular flexibility index (Phi) is 5.54. The lowest BCUT2D eigenvalue weighted by Gasteiger charge is -2.17. The van der Waals surface area contributed by atoms with E-state index in [2.05, 4.69) is 32.0 Å². The van der Waals surface area contributed by atoms with Crippen LogP contribution in [-0.4, -0.2) is 37.8 Å². The van der Waals surface area contributed by atoms with Crippen LogP contribution < -0.4 is 0 Å². The molecular formula is C20H22ClN5O2. The molecule has 146 valence electrons. The summed E-state index contributed by atoms with van der Waals surface area (Å²) in [7, 11) is 0. The molecule has 1 aliphatic heterocycles. The molecule has 0 aliphatic carbocycles. The van der Waals surface area contributed by atoms with Crippen molar-refractivity contribution in [1.82, 2.24) is 25.1 Å². The smallest absolute Gasteiger partial charge is 0.223 e. The van der Waals surface area contributed by atoms with Crippen molar-refractivity contribution in [2.45, 2.75) is 45.6 Å². The Morgan fingerprint density at radius 2 is 2.14 bits per heavy atom. The van der Waals surface area contributed by atoms with E-state index in [4.69, 9.17) is 20.9 Å². The van der Waals surface area contributed by atoms with Gasteiger partial charge in [-0.3, -0.25) is 4.98 Å². The van der Waals surface area contributed by atoms with Gasteiger partial charge in [0.05, 0.1) is 35.3 Å². The van der Waals surface area contributed by atoms with E-state index < -0.39 is 0 Å². The molecule has 0 saturated carbocycles. The van der Waals surface area contributed by atoms with Crippen LogP contribution in [0, 0.1) is 6.92 Å². The quantitative estimate of drug-likeness (QED) is 0.528. The van der Waals surface area contributed by atoms with E-state index in [1.54, 1.807) is 13.1 Å². The number of fused-ring (bicyclic) bond motifs is 3. The molecule has 1 saturated heterocycles. The van der Waals surface area contributed by atoms with Gasteiger partial charge in [-0.1, -0.05) is 16.8 Å². The van der Waals surface area contributed by atoms with Crippen LogP contribution in [0.15, 0.2) is 28.9 Å². The van der Waals surface area contributed by atoms with E-state index in [1.165, 1.54) is 19.3 Å². The molecule has 0 radical (unpaired) electrons. The first-order chi connectivity index (χ1) is 13.6. The van der Waals surface area contributed by atoms with E-state index in [1.807, 2.05) is 18.2 Å². The number of aryl methyl sites for hydroxylation is 1. The molecule has 0 bridgehead atoms. The Balaban J connectivity index is 0.000000233. The van der Waals surface area contributed by atoms with Crippen LogP contribution in [-0.2, 0) is 11.2 Å². The Labute approximate surface area is 167 Å². The van der Waals surface area contributed by atoms with Gasteiger partial charge >= 0.3 is 0 Å². The number of aromatic nitrogens is 5. The van der Waals surface area contributed by atoms with E-state index in [0.717, 1.165) is 34.4 Å². The largest absolute Gasteiger partial charge is 0.379 e. The summed E-state index contributed by atoms with van der Waals surface area (Å²) in [5, 5.41) is 5.46. The Hall–Kier alpha value is -2.51. The lowest BCUT2D eigenvalue weighted by Crippen LogP contribution is -2.14. The summed E-state index contributed by atoms with van der Waals surface area (Å²) >= 11 is 6.06. The highest BCUT2D eigenvalue weighted by Gasteiger charge is 2.11. The van der Waals surface area contributed by atoms with Gasteiger partial charge in [-0.25, -0.2) is 4.98 Å². The van der Waals surface area contributed by atoms with Crippen molar-refractivity contribution in [3.8, 4) is 0 Å². The minimum absolute atomic E-state index is 0.480. The fourth-order valence-electron chi connectivity index (χ4n) is 3.23. The van der Waals surface area contributed by atoms with Crippen molar-refractivity contribution in [3.63, 3.8) is 0 Å². The van der Waals surface area contributed by atoms with Crippen LogP contribution >= 0.6 is 11.6 Å². The molecule has 28 heavy (non-hydrogen) atoms. The maximum atomic E-state index is 6.06. The van der Waals surface area contributed by atoms with Gasteiger partial charge < -0.3 is 14.2 Å². The van der Waals surface area contributed by atoms with Crippen LogP contribution in [0.5, 0.6) is 0 Å². The van der Waals surface area contributed by atoms with E-state index in [0.29, 0.717) is 29.3 Å². The highest BCUT2D eigenvalue weighted by molar-refractivity contribution is 6.31. The molecule has 1 aliphatic rings. The van der Waals surface area contributed by atoms with Crippen LogP contribution in [0.1, 0.15) is 43.7 Å². The molecule has 3 aromatic heterocycles. The number of ether oxygens (including phenoxy) is 1. The number of pyridine rings is 1. The summed E-state index contributed by atoms with van der Waals surface area (Å²) in [6.45, 7) is 4.88. The zero-order valence-electron chi connectivity index (χ0n) is 15.9. The molecule has 1 aromatic carbocycles. The third-order valence-corrected chi connectivity index (χ3v) is 4.86. The van der Waals surface area contributed by atoms with E-state index >= 15 is 0 Å². The molecule has 0 amide bonds. The zero-order chi connectivity index (χ0) is 19.5. The van der Waals surface area contributed by atoms with Gasteiger partial charge in [0.2, 0.25) is 5.89 Å². The topological polar surface area (TPSA) is 89.7 Å². The second-order valence-corrected chi connectivity index (χ2v) is 7.39. The highest BCUT2D eigenvalue weighted by Crippen LogP contribution is 2.25. The van der Waals surface area contributed by atoms with Crippen molar-refractivity contribution in [2.24, 2.45) is 0 Å². The molecule has 5 rings (SSSR count). The molecular weight excluding hydrogens is 378 g/mol. The minimum atomic E-state index is 0.480. The molecule has 4 heterocycles. The fraction of sp³-hybridized carbons (Fsp3) is 0.400. The van der Waals surface area contributed by atoms with Gasteiger partial charge in [0.1, 0.15) is 5.82 Å². The molecule has 0 spiro atoms. The number of halogens is 1. The molecule has 8 heteroatoms. The first kappa shape index (κ1) is 18.8. The van der Waals surface area contributed by atoms with Gasteiger partial charge in [0, 0.05) is 23.9 Å². The number of imidazole rings is 1. The van der Waals surface area contributed by atoms with Crippen LogP contribution in [0.3, 0.4) is 0 Å². The number of rotatable bonds is 2. The third-order valence-electron chi connectivity index (χ3n) is 4.63. The Morgan fingerprint density at radius 1 is 1.25 bits per heavy atom. The van der Waals surface area contributed by atoms with Gasteiger partial charge in [0.25, 0.3) is 0 Å². The summed E-state index contributed by atoms with van der Waals surface area (Å²) in [4.78, 5) is 16.4. The molecule has 0 unspecified atom stereocenters. The molecule has 7 nitrogen and oxygen atoms in total. The summed E-state index contributed by atoms with van der Waals surface area (Å²) in [6.07, 6.45) is 6.68. The number of hydrogen-bond donors (Lipinski definition) is 1. The van der Waals surface area contributed by atoms with Crippen molar-refractivity contribution < 1.29 is 9.26 Å². The third kappa shape index (κ3) is 4.31. The van der Waals surface area contributed by atoms with E-state index in [9.17, 15) is 0 Å². The van der Waals surface area contributed by atoms with Gasteiger partial charge in [-0.05, 0) is 44.4 Å². The number of aromatic amines is 1. The Morgan fingerprint density at radius 3 is 2.82 bits per heavy atom. The van der Waals surface area contributed by atoms with Crippen molar-refractivity contribution >= 4 is 33.5 Å². The molecule has 1 atom stereocenters. The number of H-pyrrole nitrogens is 1. The molecule has 4 aromatic rings. The predicted molar refractivity (Wildman–Crippen MR) is 108 cm³/mol. The summed E-state index contributed by atoms with van der Waals surface area (Å²) < 4.78 is 10.2. The lowest BCUT2D eigenvalue weighted by molar-refractivity contribution is 0.0285. The average molecular weight is 400 g/mol. The maximum absolute atomic E-state index is 6.06. The number of nitrogens with one attached hydrogen (secondary N) is 1. The van der Waals surface area contributed by atoms with Gasteiger partial charge in [-0.15, -0.1) is 0 Å². The standard InChI is InChI=1S/C14H10ClN5O.C6H12O/c1-7-17-13(20-21-7)5-12-18-11-6-16-10-3-2-8(15)4-9(10)14(11)19-12;1-6-4-2-3-5-7-6/h2-4,6H,5H2,1H3,(H,18,19);6H,2-5H2,1H3/t;6-/m.1/s1. The lowest BCUT2D eigenvalue weighted by atomic mass is 10.1. The summed E-state index contributed by atoms with van der Waals surface area (Å²) in [5.74, 6) is 1.90. The maximum Gasteiger partial charge on any atom is 0.223 e. The normalized spacial score (nSPS) is 16.9. The number of benzene rings is 1. The second kappa shape index (κ2) is 8.24. The number of nitrogens with zero attached hydrogens (tertiary/aromatic N) is 4. The summed E-state index contributed by atoms with van der Waals surface area (Å²) in [6, 6.07) is 5.57. The zero-order valence-corrected chi connectivity index (χ0v) is 16.7. The molecule has 1 N–H and O–H groups in total. The van der Waals surface area contributed by atoms with Crippen LogP contribution in [0.25, 0.3) is 21.9 Å². The highest BCUT2D eigenvalue weighted by atomic mass is 35.5. The SMILES string of the molecule is C[C@@H]1CCCCO1.Cc1nc(Cc2nc3c(cnc4ccc(Cl)cc43)[nH]2)no1.